The molecule has 0 spiro atoms. The van der Waals surface area contributed by atoms with Crippen LogP contribution in [-0.4, -0.2) is 5.78 Å². The molecule has 3 aromatic carbocycles. The molecule has 41 heavy (non-hydrogen) atoms. The summed E-state index contributed by atoms with van der Waals surface area (Å²) in [5.74, 6) is -0.196. The molecule has 1 atom stereocenters. The highest BCUT2D eigenvalue weighted by Crippen LogP contribution is 2.51. The van der Waals surface area contributed by atoms with Gasteiger partial charge in [-0.2, -0.15) is 5.26 Å². The number of nitrogens with two attached hydrogens (primary N) is 1. The van der Waals surface area contributed by atoms with Crippen molar-refractivity contribution in [3.63, 3.8) is 0 Å². The van der Waals surface area contributed by atoms with Crippen LogP contribution in [0.3, 0.4) is 0 Å². The number of ketones is 1. The van der Waals surface area contributed by atoms with E-state index in [1.54, 1.807) is 35.2 Å². The van der Waals surface area contributed by atoms with E-state index < -0.39 is 5.92 Å². The lowest BCUT2D eigenvalue weighted by Gasteiger charge is -2.44. The fraction of sp³-hybridized carbons (Fsp3) is 0.273. The maximum atomic E-state index is 13.9. The molecule has 0 saturated carbocycles. The van der Waals surface area contributed by atoms with Crippen LogP contribution in [0.1, 0.15) is 54.9 Å². The number of nitrogens with zero attached hydrogens (tertiary/aromatic N) is 2. The van der Waals surface area contributed by atoms with Crippen LogP contribution in [0.5, 0.6) is 5.75 Å². The first kappa shape index (κ1) is 28.7. The third kappa shape index (κ3) is 5.45. The molecule has 5 nitrogen and oxygen atoms in total. The minimum Gasteiger partial charge on any atom is -0.489 e. The minimum atomic E-state index is -0.636. The minimum absolute atomic E-state index is 0.0179. The zero-order valence-electron chi connectivity index (χ0n) is 23.3. The molecule has 1 heterocycles. The van der Waals surface area contributed by atoms with E-state index in [0.717, 1.165) is 28.0 Å². The van der Waals surface area contributed by atoms with E-state index in [-0.39, 0.29) is 29.4 Å². The number of rotatable bonds is 5. The van der Waals surface area contributed by atoms with Crippen molar-refractivity contribution >= 4 is 34.7 Å². The Morgan fingerprint density at radius 3 is 2.41 bits per heavy atom. The molecule has 0 radical (unpaired) electrons. The van der Waals surface area contributed by atoms with E-state index in [2.05, 4.69) is 19.9 Å². The summed E-state index contributed by atoms with van der Waals surface area (Å²) in [6.07, 6.45) is 0.928. The Morgan fingerprint density at radius 2 is 1.76 bits per heavy atom. The quantitative estimate of drug-likeness (QED) is 0.324. The van der Waals surface area contributed by atoms with Crippen molar-refractivity contribution in [2.45, 2.75) is 53.1 Å². The fourth-order valence-electron chi connectivity index (χ4n) is 5.81. The summed E-state index contributed by atoms with van der Waals surface area (Å²) in [7, 11) is 0. The summed E-state index contributed by atoms with van der Waals surface area (Å²) in [4.78, 5) is 15.7. The van der Waals surface area contributed by atoms with E-state index in [1.165, 1.54) is 12.1 Å². The Balaban J connectivity index is 1.66. The summed E-state index contributed by atoms with van der Waals surface area (Å²) in [6.45, 7) is 8.31. The molecule has 5 rings (SSSR count). The SMILES string of the molecule is Cc1cc(C)c(C2C(C#N)=C(N)N(c3ccc(Cl)c(Cl)c3)C3=C2C(=O)CC(C)(C)C3)cc1COc1ccc(F)cc1. The molecular formula is C33H30Cl2FN3O2. The predicted octanol–water partition coefficient (Wildman–Crippen LogP) is 8.27. The fourth-order valence-corrected chi connectivity index (χ4v) is 6.11. The number of hydrogen-bond acceptors (Lipinski definition) is 5. The molecule has 0 saturated heterocycles. The van der Waals surface area contributed by atoms with Crippen molar-refractivity contribution in [1.29, 1.82) is 5.26 Å². The summed E-state index contributed by atoms with van der Waals surface area (Å²) < 4.78 is 19.3. The van der Waals surface area contributed by atoms with Gasteiger partial charge in [0.25, 0.3) is 0 Å². The molecule has 1 aliphatic heterocycles. The van der Waals surface area contributed by atoms with Gasteiger partial charge in [-0.3, -0.25) is 9.69 Å². The normalized spacial score (nSPS) is 18.3. The standard InChI is InChI=1S/C33H30Cl2FN3O2/c1-18-11-19(2)24(12-20(18)17-41-23-8-5-21(36)6-9-23)30-25(16-37)32(38)39(22-7-10-26(34)27(35)13-22)28-14-33(3,4)15-29(40)31(28)30/h5-13,30H,14-15,17,38H2,1-4H3. The van der Waals surface area contributed by atoms with Crippen molar-refractivity contribution < 1.29 is 13.9 Å². The first-order chi connectivity index (χ1) is 19.4. The molecule has 0 bridgehead atoms. The second-order valence-electron chi connectivity index (χ2n) is 11.5. The van der Waals surface area contributed by atoms with Gasteiger partial charge in [-0.25, -0.2) is 4.39 Å². The van der Waals surface area contributed by atoms with Crippen LogP contribution in [0.4, 0.5) is 10.1 Å². The number of Topliss-reactive ketones (excluding diaryl/α,β-unsaturated/α-hetero) is 1. The molecule has 0 amide bonds. The lowest BCUT2D eigenvalue weighted by molar-refractivity contribution is -0.118. The van der Waals surface area contributed by atoms with Gasteiger partial charge in [-0.1, -0.05) is 49.2 Å². The second-order valence-corrected chi connectivity index (χ2v) is 12.3. The maximum absolute atomic E-state index is 13.9. The maximum Gasteiger partial charge on any atom is 0.162 e. The van der Waals surface area contributed by atoms with Crippen molar-refractivity contribution in [3.8, 4) is 11.8 Å². The van der Waals surface area contributed by atoms with E-state index in [9.17, 15) is 14.4 Å². The number of nitriles is 1. The van der Waals surface area contributed by atoms with Gasteiger partial charge >= 0.3 is 0 Å². The highest BCUT2D eigenvalue weighted by molar-refractivity contribution is 6.42. The largest absolute Gasteiger partial charge is 0.489 e. The van der Waals surface area contributed by atoms with Gasteiger partial charge in [-0.05, 0) is 90.4 Å². The third-order valence-corrected chi connectivity index (χ3v) is 8.52. The van der Waals surface area contributed by atoms with Crippen molar-refractivity contribution in [3.05, 3.63) is 115 Å². The van der Waals surface area contributed by atoms with E-state index >= 15 is 0 Å². The van der Waals surface area contributed by atoms with Crippen molar-refractivity contribution in [1.82, 2.24) is 0 Å². The second kappa shape index (κ2) is 10.9. The van der Waals surface area contributed by atoms with Gasteiger partial charge in [0.1, 0.15) is 24.0 Å². The number of carbonyl (C=O) groups excluding carboxylic acids is 1. The Kier molecular flexibility index (Phi) is 7.63. The van der Waals surface area contributed by atoms with Crippen LogP contribution in [0.2, 0.25) is 10.0 Å². The lowest BCUT2D eigenvalue weighted by Crippen LogP contribution is -2.42. The predicted molar refractivity (Wildman–Crippen MR) is 160 cm³/mol. The Labute approximate surface area is 249 Å². The third-order valence-electron chi connectivity index (χ3n) is 7.79. The van der Waals surface area contributed by atoms with Crippen molar-refractivity contribution in [2.75, 3.05) is 4.90 Å². The van der Waals surface area contributed by atoms with Gasteiger partial charge in [0.05, 0.1) is 27.6 Å². The first-order valence-electron chi connectivity index (χ1n) is 13.3. The smallest absolute Gasteiger partial charge is 0.162 e. The number of aryl methyl sites for hydroxylation is 2. The zero-order chi connectivity index (χ0) is 29.6. The summed E-state index contributed by atoms with van der Waals surface area (Å²) in [5.41, 5.74) is 12.4. The molecular weight excluding hydrogens is 560 g/mol. The van der Waals surface area contributed by atoms with E-state index in [4.69, 9.17) is 33.7 Å². The average Bonchev–Trinajstić information content (AvgIpc) is 2.90. The molecule has 0 aromatic heterocycles. The number of benzene rings is 3. The van der Waals surface area contributed by atoms with E-state index in [1.807, 2.05) is 26.0 Å². The van der Waals surface area contributed by atoms with Gasteiger partial charge in [0, 0.05) is 23.4 Å². The van der Waals surface area contributed by atoms with Gasteiger partial charge < -0.3 is 10.5 Å². The number of allylic oxidation sites excluding steroid dienone is 3. The molecule has 2 aliphatic rings. The molecule has 1 unspecified atom stereocenters. The Morgan fingerprint density at radius 1 is 1.05 bits per heavy atom. The van der Waals surface area contributed by atoms with Crippen LogP contribution in [0.25, 0.3) is 0 Å². The highest BCUT2D eigenvalue weighted by Gasteiger charge is 2.45. The number of ether oxygens (including phenoxy) is 1. The molecule has 8 heteroatoms. The highest BCUT2D eigenvalue weighted by atomic mass is 35.5. The number of anilines is 1. The lowest BCUT2D eigenvalue weighted by atomic mass is 9.68. The van der Waals surface area contributed by atoms with Crippen LogP contribution >= 0.6 is 23.2 Å². The van der Waals surface area contributed by atoms with Crippen LogP contribution in [0.15, 0.2) is 77.3 Å². The van der Waals surface area contributed by atoms with Crippen LogP contribution in [0, 0.1) is 36.4 Å². The molecule has 0 fully saturated rings. The molecule has 3 aromatic rings. The number of halogens is 3. The summed E-state index contributed by atoms with van der Waals surface area (Å²) in [6, 6.07) is 17.4. The first-order valence-corrected chi connectivity index (χ1v) is 14.1. The van der Waals surface area contributed by atoms with Gasteiger partial charge in [0.15, 0.2) is 5.78 Å². The van der Waals surface area contributed by atoms with Crippen LogP contribution in [-0.2, 0) is 11.4 Å². The molecule has 1 aliphatic carbocycles. The monoisotopic (exact) mass is 589 g/mol. The molecule has 2 N–H and O–H groups in total. The Hall–Kier alpha value is -3.79. The van der Waals surface area contributed by atoms with Crippen LogP contribution < -0.4 is 15.4 Å². The van der Waals surface area contributed by atoms with Crippen molar-refractivity contribution in [2.24, 2.45) is 11.1 Å². The number of hydrogen-bond donors (Lipinski definition) is 1. The average molecular weight is 591 g/mol. The summed E-state index contributed by atoms with van der Waals surface area (Å²) in [5, 5.41) is 11.2. The van der Waals surface area contributed by atoms with E-state index in [0.29, 0.717) is 45.5 Å². The number of carbonyl (C=O) groups is 1. The summed E-state index contributed by atoms with van der Waals surface area (Å²) >= 11 is 12.6. The molecule has 210 valence electrons. The zero-order valence-corrected chi connectivity index (χ0v) is 24.8. The van der Waals surface area contributed by atoms with Gasteiger partial charge in [-0.15, -0.1) is 0 Å². The Bertz CT molecular complexity index is 1670. The topological polar surface area (TPSA) is 79.4 Å². The van der Waals surface area contributed by atoms with Gasteiger partial charge in [0.2, 0.25) is 0 Å².